The van der Waals surface area contributed by atoms with Crippen LogP contribution in [0, 0.1) is 0 Å². The standard InChI is InChI=1S/C18H21ClN2O4/c1-23-15-7-5-4-6-12(15)10-21-18(22)11-20-14-9-16(24-2)13(19)8-17(14)25-3/h4-9,20H,10-11H2,1-3H3,(H,21,22). The quantitative estimate of drug-likeness (QED) is 0.753. The van der Waals surface area contributed by atoms with E-state index in [4.69, 9.17) is 25.8 Å². The fraction of sp³-hybridized carbons (Fsp3) is 0.278. The number of amides is 1. The third-order valence-electron chi connectivity index (χ3n) is 3.58. The lowest BCUT2D eigenvalue weighted by Crippen LogP contribution is -2.29. The van der Waals surface area contributed by atoms with Crippen LogP contribution in [0.15, 0.2) is 36.4 Å². The first-order chi connectivity index (χ1) is 12.1. The van der Waals surface area contributed by atoms with E-state index in [2.05, 4.69) is 10.6 Å². The van der Waals surface area contributed by atoms with E-state index in [1.165, 1.54) is 14.2 Å². The Hall–Kier alpha value is -2.60. The number of halogens is 1. The zero-order chi connectivity index (χ0) is 18.2. The van der Waals surface area contributed by atoms with Crippen molar-refractivity contribution in [2.24, 2.45) is 0 Å². The highest BCUT2D eigenvalue weighted by molar-refractivity contribution is 6.32. The van der Waals surface area contributed by atoms with Gasteiger partial charge in [-0.25, -0.2) is 0 Å². The van der Waals surface area contributed by atoms with Crippen molar-refractivity contribution in [2.45, 2.75) is 6.54 Å². The number of hydrogen-bond acceptors (Lipinski definition) is 5. The first-order valence-electron chi connectivity index (χ1n) is 7.63. The SMILES string of the molecule is COc1cc(NCC(=O)NCc2ccccc2OC)c(OC)cc1Cl. The van der Waals surface area contributed by atoms with Gasteiger partial charge in [-0.2, -0.15) is 0 Å². The van der Waals surface area contributed by atoms with E-state index in [1.54, 1.807) is 19.2 Å². The van der Waals surface area contributed by atoms with Crippen LogP contribution >= 0.6 is 11.6 Å². The summed E-state index contributed by atoms with van der Waals surface area (Å²) >= 11 is 6.07. The van der Waals surface area contributed by atoms with Crippen LogP contribution in [0.4, 0.5) is 5.69 Å². The topological polar surface area (TPSA) is 68.8 Å². The molecule has 134 valence electrons. The molecule has 0 spiro atoms. The molecule has 0 saturated heterocycles. The highest BCUT2D eigenvalue weighted by Crippen LogP contribution is 2.35. The Kier molecular flexibility index (Phi) is 6.77. The number of para-hydroxylation sites is 1. The number of ether oxygens (including phenoxy) is 3. The maximum absolute atomic E-state index is 12.1. The van der Waals surface area contributed by atoms with Crippen LogP contribution < -0.4 is 24.8 Å². The van der Waals surface area contributed by atoms with Gasteiger partial charge in [-0.3, -0.25) is 4.79 Å². The van der Waals surface area contributed by atoms with Gasteiger partial charge in [0, 0.05) is 24.2 Å². The monoisotopic (exact) mass is 364 g/mol. The molecular formula is C18H21ClN2O4. The van der Waals surface area contributed by atoms with E-state index in [0.29, 0.717) is 28.8 Å². The Labute approximate surface area is 152 Å². The average Bonchev–Trinajstić information content (AvgIpc) is 2.65. The van der Waals surface area contributed by atoms with Gasteiger partial charge in [-0.15, -0.1) is 0 Å². The molecule has 0 unspecified atom stereocenters. The second-order valence-electron chi connectivity index (χ2n) is 5.13. The number of rotatable bonds is 8. The second kappa shape index (κ2) is 9.03. The van der Waals surface area contributed by atoms with Crippen molar-refractivity contribution in [1.29, 1.82) is 0 Å². The number of benzene rings is 2. The van der Waals surface area contributed by atoms with Gasteiger partial charge in [0.15, 0.2) is 0 Å². The van der Waals surface area contributed by atoms with E-state index in [0.717, 1.165) is 11.3 Å². The van der Waals surface area contributed by atoms with Gasteiger partial charge >= 0.3 is 0 Å². The van der Waals surface area contributed by atoms with E-state index < -0.39 is 0 Å². The zero-order valence-electron chi connectivity index (χ0n) is 14.4. The molecule has 0 saturated carbocycles. The Morgan fingerprint density at radius 1 is 1.00 bits per heavy atom. The van der Waals surface area contributed by atoms with Crippen LogP contribution in [0.3, 0.4) is 0 Å². The molecule has 6 nitrogen and oxygen atoms in total. The summed E-state index contributed by atoms with van der Waals surface area (Å²) in [4.78, 5) is 12.1. The fourth-order valence-electron chi connectivity index (χ4n) is 2.28. The molecule has 25 heavy (non-hydrogen) atoms. The van der Waals surface area contributed by atoms with E-state index in [9.17, 15) is 4.79 Å². The fourth-order valence-corrected chi connectivity index (χ4v) is 2.51. The van der Waals surface area contributed by atoms with Crippen LogP contribution in [0.2, 0.25) is 5.02 Å². The molecule has 0 aliphatic carbocycles. The van der Waals surface area contributed by atoms with Crippen molar-refractivity contribution in [2.75, 3.05) is 33.2 Å². The minimum atomic E-state index is -0.165. The minimum Gasteiger partial charge on any atom is -0.496 e. The Morgan fingerprint density at radius 2 is 1.68 bits per heavy atom. The number of carbonyl (C=O) groups excluding carboxylic acids is 1. The van der Waals surface area contributed by atoms with Crippen LogP contribution in [0.25, 0.3) is 0 Å². The third kappa shape index (κ3) is 4.93. The predicted molar refractivity (Wildman–Crippen MR) is 97.9 cm³/mol. The number of nitrogens with one attached hydrogen (secondary N) is 2. The Bertz CT molecular complexity index is 737. The van der Waals surface area contributed by atoms with Crippen LogP contribution in [0.1, 0.15) is 5.56 Å². The molecular weight excluding hydrogens is 344 g/mol. The maximum Gasteiger partial charge on any atom is 0.239 e. The maximum atomic E-state index is 12.1. The molecule has 2 rings (SSSR count). The van der Waals surface area contributed by atoms with Gasteiger partial charge in [0.2, 0.25) is 5.91 Å². The summed E-state index contributed by atoms with van der Waals surface area (Å²) in [5, 5.41) is 6.30. The van der Waals surface area contributed by atoms with E-state index in [1.807, 2.05) is 24.3 Å². The molecule has 0 heterocycles. The highest BCUT2D eigenvalue weighted by Gasteiger charge is 2.11. The summed E-state index contributed by atoms with van der Waals surface area (Å²) in [5.74, 6) is 1.60. The average molecular weight is 365 g/mol. The molecule has 2 aromatic rings. The van der Waals surface area contributed by atoms with Gasteiger partial charge in [0.25, 0.3) is 0 Å². The van der Waals surface area contributed by atoms with Crippen molar-refractivity contribution < 1.29 is 19.0 Å². The van der Waals surface area contributed by atoms with Gasteiger partial charge in [-0.1, -0.05) is 29.8 Å². The van der Waals surface area contributed by atoms with Crippen molar-refractivity contribution >= 4 is 23.2 Å². The first-order valence-corrected chi connectivity index (χ1v) is 8.00. The zero-order valence-corrected chi connectivity index (χ0v) is 15.1. The molecule has 2 N–H and O–H groups in total. The molecule has 0 atom stereocenters. The second-order valence-corrected chi connectivity index (χ2v) is 5.54. The smallest absolute Gasteiger partial charge is 0.239 e. The molecule has 0 aliphatic heterocycles. The minimum absolute atomic E-state index is 0.0797. The summed E-state index contributed by atoms with van der Waals surface area (Å²) < 4.78 is 15.7. The third-order valence-corrected chi connectivity index (χ3v) is 3.88. The lowest BCUT2D eigenvalue weighted by molar-refractivity contribution is -0.119. The predicted octanol–water partition coefficient (Wildman–Crippen LogP) is 3.09. The summed E-state index contributed by atoms with van der Waals surface area (Å²) in [5.41, 5.74) is 1.53. The van der Waals surface area contributed by atoms with E-state index in [-0.39, 0.29) is 12.5 Å². The van der Waals surface area contributed by atoms with Gasteiger partial charge in [-0.05, 0) is 6.07 Å². The normalized spacial score (nSPS) is 10.1. The molecule has 1 amide bonds. The lowest BCUT2D eigenvalue weighted by atomic mass is 10.2. The number of hydrogen-bond donors (Lipinski definition) is 2. The van der Waals surface area contributed by atoms with Gasteiger partial charge < -0.3 is 24.8 Å². The molecule has 0 bridgehead atoms. The Morgan fingerprint density at radius 3 is 2.36 bits per heavy atom. The molecule has 0 fully saturated rings. The largest absolute Gasteiger partial charge is 0.496 e. The van der Waals surface area contributed by atoms with Crippen LogP contribution in [-0.4, -0.2) is 33.8 Å². The summed E-state index contributed by atoms with van der Waals surface area (Å²) in [6, 6.07) is 10.9. The van der Waals surface area contributed by atoms with Crippen LogP contribution in [0.5, 0.6) is 17.2 Å². The van der Waals surface area contributed by atoms with Crippen molar-refractivity contribution in [3.63, 3.8) is 0 Å². The van der Waals surface area contributed by atoms with Crippen molar-refractivity contribution in [3.8, 4) is 17.2 Å². The molecule has 0 radical (unpaired) electrons. The number of carbonyl (C=O) groups is 1. The first kappa shape index (κ1) is 18.7. The van der Waals surface area contributed by atoms with Crippen molar-refractivity contribution in [3.05, 3.63) is 47.0 Å². The van der Waals surface area contributed by atoms with Crippen molar-refractivity contribution in [1.82, 2.24) is 5.32 Å². The lowest BCUT2D eigenvalue weighted by Gasteiger charge is -2.14. The van der Waals surface area contributed by atoms with Crippen LogP contribution in [-0.2, 0) is 11.3 Å². The molecule has 2 aromatic carbocycles. The summed E-state index contributed by atoms with van der Waals surface area (Å²) in [6.45, 7) is 0.460. The Balaban J connectivity index is 1.96. The molecule has 7 heteroatoms. The number of anilines is 1. The molecule has 0 aromatic heterocycles. The summed E-state index contributed by atoms with van der Waals surface area (Å²) in [6.07, 6.45) is 0. The van der Waals surface area contributed by atoms with Gasteiger partial charge in [0.05, 0.1) is 38.6 Å². The highest BCUT2D eigenvalue weighted by atomic mass is 35.5. The van der Waals surface area contributed by atoms with Gasteiger partial charge in [0.1, 0.15) is 17.2 Å². The van der Waals surface area contributed by atoms with E-state index >= 15 is 0 Å². The molecule has 0 aliphatic rings. The number of methoxy groups -OCH3 is 3. The summed E-state index contributed by atoms with van der Waals surface area (Å²) in [7, 11) is 4.66.